The van der Waals surface area contributed by atoms with Crippen LogP contribution in [0.15, 0.2) is 48.5 Å². The van der Waals surface area contributed by atoms with Crippen LogP contribution >= 0.6 is 0 Å². The van der Waals surface area contributed by atoms with Crippen LogP contribution in [0.2, 0.25) is 0 Å². The number of hydrogen-bond donors (Lipinski definition) is 1. The summed E-state index contributed by atoms with van der Waals surface area (Å²) in [5, 5.41) is 14.2. The largest absolute Gasteiger partial charge is 0.497 e. The van der Waals surface area contributed by atoms with Gasteiger partial charge in [-0.1, -0.05) is 24.3 Å². The number of carbonyl (C=O) groups is 1. The fourth-order valence-electron chi connectivity index (χ4n) is 2.67. The molecular weight excluding hydrogens is 360 g/mol. The quantitative estimate of drug-likeness (QED) is 0.416. The summed E-state index contributed by atoms with van der Waals surface area (Å²) in [6.45, 7) is 5.97. The number of hydrogen-bond acceptors (Lipinski definition) is 6. The van der Waals surface area contributed by atoms with E-state index < -0.39 is 10.5 Å². The third-order valence-corrected chi connectivity index (χ3v) is 4.01. The standard InChI is InChI=1S/C21H26N2O5/c1-21(2,3)28-20(24)13-19(16-7-9-17(10-8-16)23(25)26)22-14-15-5-11-18(27-4)12-6-15/h5-12,19,22H,13-14H2,1-4H3/t19-/m1/s1. The highest BCUT2D eigenvalue weighted by Gasteiger charge is 2.22. The number of methoxy groups -OCH3 is 1. The minimum atomic E-state index is -0.576. The minimum Gasteiger partial charge on any atom is -0.497 e. The first-order chi connectivity index (χ1) is 13.2. The summed E-state index contributed by atoms with van der Waals surface area (Å²) in [6.07, 6.45) is 0.116. The molecule has 7 nitrogen and oxygen atoms in total. The molecule has 2 aromatic rings. The molecule has 0 bridgehead atoms. The summed E-state index contributed by atoms with van der Waals surface area (Å²) in [5.41, 5.74) is 1.24. The van der Waals surface area contributed by atoms with Crippen molar-refractivity contribution in [1.29, 1.82) is 0 Å². The molecule has 1 N–H and O–H groups in total. The maximum Gasteiger partial charge on any atom is 0.308 e. The van der Waals surface area contributed by atoms with Crippen LogP contribution in [0.25, 0.3) is 0 Å². The van der Waals surface area contributed by atoms with Crippen molar-refractivity contribution in [3.63, 3.8) is 0 Å². The Bertz CT molecular complexity index is 795. The number of ether oxygens (including phenoxy) is 2. The van der Waals surface area contributed by atoms with Crippen LogP contribution < -0.4 is 10.1 Å². The van der Waals surface area contributed by atoms with Gasteiger partial charge in [-0.05, 0) is 44.0 Å². The number of esters is 1. The van der Waals surface area contributed by atoms with Crippen molar-refractivity contribution in [1.82, 2.24) is 5.32 Å². The van der Waals surface area contributed by atoms with Crippen LogP contribution in [0, 0.1) is 10.1 Å². The molecule has 1 atom stereocenters. The van der Waals surface area contributed by atoms with Gasteiger partial charge in [-0.15, -0.1) is 0 Å². The lowest BCUT2D eigenvalue weighted by Crippen LogP contribution is -2.29. The second kappa shape index (κ2) is 9.32. The topological polar surface area (TPSA) is 90.7 Å². The lowest BCUT2D eigenvalue weighted by atomic mass is 10.0. The fraction of sp³-hybridized carbons (Fsp3) is 0.381. The molecule has 0 aliphatic rings. The number of non-ortho nitro benzene ring substituents is 1. The number of nitrogens with one attached hydrogen (secondary N) is 1. The number of nitro groups is 1. The van der Waals surface area contributed by atoms with Gasteiger partial charge in [0, 0.05) is 24.7 Å². The monoisotopic (exact) mass is 386 g/mol. The molecule has 0 fully saturated rings. The Kier molecular flexibility index (Phi) is 7.12. The van der Waals surface area contributed by atoms with E-state index in [1.54, 1.807) is 19.2 Å². The SMILES string of the molecule is COc1ccc(CN[C@H](CC(=O)OC(C)(C)C)c2ccc([N+](=O)[O-])cc2)cc1. The molecule has 0 aromatic heterocycles. The summed E-state index contributed by atoms with van der Waals surface area (Å²) in [5.74, 6) is 0.433. The molecule has 0 radical (unpaired) electrons. The first-order valence-corrected chi connectivity index (χ1v) is 9.00. The van der Waals surface area contributed by atoms with Crippen molar-refractivity contribution in [3.05, 3.63) is 69.8 Å². The number of nitrogens with zero attached hydrogens (tertiary/aromatic N) is 1. The van der Waals surface area contributed by atoms with Crippen molar-refractivity contribution in [2.24, 2.45) is 0 Å². The zero-order chi connectivity index (χ0) is 20.7. The van der Waals surface area contributed by atoms with Crippen LogP contribution in [0.4, 0.5) is 5.69 Å². The summed E-state index contributed by atoms with van der Waals surface area (Å²) < 4.78 is 10.6. The van der Waals surface area contributed by atoms with Crippen LogP contribution in [-0.2, 0) is 16.1 Å². The molecule has 0 spiro atoms. The lowest BCUT2D eigenvalue weighted by molar-refractivity contribution is -0.384. The van der Waals surface area contributed by atoms with E-state index >= 15 is 0 Å². The first-order valence-electron chi connectivity index (χ1n) is 9.00. The molecule has 0 saturated heterocycles. The van der Waals surface area contributed by atoms with E-state index in [0.717, 1.165) is 16.9 Å². The molecule has 0 amide bonds. The Morgan fingerprint density at radius 3 is 2.21 bits per heavy atom. The summed E-state index contributed by atoms with van der Waals surface area (Å²) in [4.78, 5) is 22.8. The first kappa shape index (κ1) is 21.4. The van der Waals surface area contributed by atoms with E-state index in [4.69, 9.17) is 9.47 Å². The summed E-state index contributed by atoms with van der Waals surface area (Å²) >= 11 is 0. The van der Waals surface area contributed by atoms with E-state index in [1.807, 2.05) is 45.0 Å². The number of nitro benzene ring substituents is 1. The maximum absolute atomic E-state index is 12.3. The third kappa shape index (κ3) is 6.66. The molecule has 2 rings (SSSR count). The Labute approximate surface area is 164 Å². The highest BCUT2D eigenvalue weighted by molar-refractivity contribution is 5.71. The van der Waals surface area contributed by atoms with E-state index in [9.17, 15) is 14.9 Å². The molecular formula is C21H26N2O5. The third-order valence-electron chi connectivity index (χ3n) is 4.01. The number of benzene rings is 2. The molecule has 28 heavy (non-hydrogen) atoms. The molecule has 0 saturated carbocycles. The van der Waals surface area contributed by atoms with Gasteiger partial charge in [0.15, 0.2) is 0 Å². The van der Waals surface area contributed by atoms with Gasteiger partial charge in [0.25, 0.3) is 5.69 Å². The van der Waals surface area contributed by atoms with Crippen molar-refractivity contribution in [2.45, 2.75) is 45.4 Å². The summed E-state index contributed by atoms with van der Waals surface area (Å²) in [7, 11) is 1.61. The zero-order valence-corrected chi connectivity index (χ0v) is 16.6. The van der Waals surface area contributed by atoms with Crippen molar-refractivity contribution >= 4 is 11.7 Å². The van der Waals surface area contributed by atoms with Crippen molar-refractivity contribution in [2.75, 3.05) is 7.11 Å². The van der Waals surface area contributed by atoms with Crippen molar-refractivity contribution in [3.8, 4) is 5.75 Å². The van der Waals surface area contributed by atoms with Crippen LogP contribution in [0.1, 0.15) is 44.4 Å². The average Bonchev–Trinajstić information content (AvgIpc) is 2.64. The van der Waals surface area contributed by atoms with Crippen molar-refractivity contribution < 1.29 is 19.2 Å². The molecule has 0 heterocycles. The average molecular weight is 386 g/mol. The Morgan fingerprint density at radius 1 is 1.11 bits per heavy atom. The van der Waals surface area contributed by atoms with Crippen LogP contribution in [-0.4, -0.2) is 23.6 Å². The highest BCUT2D eigenvalue weighted by Crippen LogP contribution is 2.23. The second-order valence-corrected chi connectivity index (χ2v) is 7.42. The second-order valence-electron chi connectivity index (χ2n) is 7.42. The smallest absolute Gasteiger partial charge is 0.308 e. The van der Waals surface area contributed by atoms with Gasteiger partial charge in [0.1, 0.15) is 11.4 Å². The predicted molar refractivity (Wildman–Crippen MR) is 106 cm³/mol. The molecule has 2 aromatic carbocycles. The summed E-state index contributed by atoms with van der Waals surface area (Å²) in [6, 6.07) is 13.5. The fourth-order valence-corrected chi connectivity index (χ4v) is 2.67. The molecule has 150 valence electrons. The zero-order valence-electron chi connectivity index (χ0n) is 16.6. The minimum absolute atomic E-state index is 0.00919. The van der Waals surface area contributed by atoms with E-state index in [0.29, 0.717) is 6.54 Å². The normalized spacial score (nSPS) is 12.3. The lowest BCUT2D eigenvalue weighted by Gasteiger charge is -2.23. The van der Waals surface area contributed by atoms with Gasteiger partial charge < -0.3 is 14.8 Å². The number of carbonyl (C=O) groups excluding carboxylic acids is 1. The highest BCUT2D eigenvalue weighted by atomic mass is 16.6. The van der Waals surface area contributed by atoms with Gasteiger partial charge in [-0.3, -0.25) is 14.9 Å². The Balaban J connectivity index is 2.14. The van der Waals surface area contributed by atoms with Gasteiger partial charge in [-0.2, -0.15) is 0 Å². The van der Waals surface area contributed by atoms with Crippen LogP contribution in [0.3, 0.4) is 0 Å². The van der Waals surface area contributed by atoms with Gasteiger partial charge in [0.05, 0.1) is 18.5 Å². The van der Waals surface area contributed by atoms with Gasteiger partial charge in [-0.25, -0.2) is 0 Å². The van der Waals surface area contributed by atoms with Crippen LogP contribution in [0.5, 0.6) is 5.75 Å². The van der Waals surface area contributed by atoms with E-state index in [-0.39, 0.29) is 24.1 Å². The Morgan fingerprint density at radius 2 is 1.71 bits per heavy atom. The predicted octanol–water partition coefficient (Wildman–Crippen LogP) is 4.17. The van der Waals surface area contributed by atoms with E-state index in [1.165, 1.54) is 12.1 Å². The van der Waals surface area contributed by atoms with E-state index in [2.05, 4.69) is 5.32 Å². The van der Waals surface area contributed by atoms with Gasteiger partial charge >= 0.3 is 5.97 Å². The molecule has 0 aliphatic carbocycles. The Hall–Kier alpha value is -2.93. The molecule has 0 unspecified atom stereocenters. The maximum atomic E-state index is 12.3. The molecule has 7 heteroatoms. The molecule has 0 aliphatic heterocycles. The van der Waals surface area contributed by atoms with Gasteiger partial charge in [0.2, 0.25) is 0 Å². The number of rotatable bonds is 8.